The predicted octanol–water partition coefficient (Wildman–Crippen LogP) is 2.15. The zero-order chi connectivity index (χ0) is 26.9. The fourth-order valence-corrected chi connectivity index (χ4v) is 6.34. The topological polar surface area (TPSA) is 99.6 Å². The molecule has 3 amide bonds. The number of amides is 3. The highest BCUT2D eigenvalue weighted by atomic mass is 16.5. The van der Waals surface area contributed by atoms with Crippen LogP contribution in [0.5, 0.6) is 5.75 Å². The molecule has 9 nitrogen and oxygen atoms in total. The van der Waals surface area contributed by atoms with E-state index >= 15 is 0 Å². The van der Waals surface area contributed by atoms with E-state index < -0.39 is 29.6 Å². The third-order valence-electron chi connectivity index (χ3n) is 8.04. The van der Waals surface area contributed by atoms with Crippen molar-refractivity contribution in [2.24, 2.45) is 11.8 Å². The first-order chi connectivity index (χ1) is 18.5. The number of nitrogens with zero attached hydrogens (tertiary/aromatic N) is 3. The minimum atomic E-state index is -1.23. The second kappa shape index (κ2) is 10.9. The second-order valence-electron chi connectivity index (χ2n) is 10.3. The van der Waals surface area contributed by atoms with Gasteiger partial charge in [0, 0.05) is 38.5 Å². The van der Waals surface area contributed by atoms with Gasteiger partial charge in [-0.1, -0.05) is 37.6 Å². The molecule has 9 heteroatoms. The zero-order valence-electron chi connectivity index (χ0n) is 22.1. The maximum absolute atomic E-state index is 14.1. The molecule has 38 heavy (non-hydrogen) atoms. The van der Waals surface area contributed by atoms with E-state index in [0.717, 1.165) is 18.6 Å². The number of carbonyl (C=O) groups excluding carboxylic acids is 3. The van der Waals surface area contributed by atoms with Gasteiger partial charge in [-0.2, -0.15) is 0 Å². The number of ether oxygens (including phenoxy) is 2. The summed E-state index contributed by atoms with van der Waals surface area (Å²) >= 11 is 0. The van der Waals surface area contributed by atoms with Crippen LogP contribution in [0, 0.1) is 11.8 Å². The van der Waals surface area contributed by atoms with Gasteiger partial charge in [-0.15, -0.1) is 0 Å². The van der Waals surface area contributed by atoms with Gasteiger partial charge in [-0.3, -0.25) is 14.4 Å². The molecular weight excluding hydrogens is 486 g/mol. The van der Waals surface area contributed by atoms with E-state index in [-0.39, 0.29) is 30.9 Å². The van der Waals surface area contributed by atoms with Crippen LogP contribution in [0.25, 0.3) is 0 Å². The summed E-state index contributed by atoms with van der Waals surface area (Å²) in [7, 11) is 0. The van der Waals surface area contributed by atoms with E-state index in [1.807, 2.05) is 55.5 Å². The SMILES string of the molecule is CCCCN1CC=C[C@]23O[C@@H]4C=CCN(c5ccc(OCC)cc5)C(=O)[C@@H]4[C@H]2C(=O)N(CCCO)C3C1=O. The Kier molecular flexibility index (Phi) is 7.59. The van der Waals surface area contributed by atoms with Crippen molar-refractivity contribution in [3.05, 3.63) is 48.6 Å². The summed E-state index contributed by atoms with van der Waals surface area (Å²) in [6.45, 7) is 6.05. The van der Waals surface area contributed by atoms with Gasteiger partial charge in [0.2, 0.25) is 17.7 Å². The summed E-state index contributed by atoms with van der Waals surface area (Å²) in [5, 5.41) is 9.52. The minimum Gasteiger partial charge on any atom is -0.494 e. The van der Waals surface area contributed by atoms with E-state index in [9.17, 15) is 19.5 Å². The molecule has 0 bridgehead atoms. The highest BCUT2D eigenvalue weighted by molar-refractivity contribution is 6.03. The van der Waals surface area contributed by atoms with Crippen LogP contribution in [0.15, 0.2) is 48.6 Å². The molecule has 0 aliphatic carbocycles. The Hall–Kier alpha value is -3.17. The zero-order valence-corrected chi connectivity index (χ0v) is 22.1. The van der Waals surface area contributed by atoms with Crippen LogP contribution in [0.1, 0.15) is 33.1 Å². The van der Waals surface area contributed by atoms with Crippen LogP contribution < -0.4 is 9.64 Å². The summed E-state index contributed by atoms with van der Waals surface area (Å²) in [4.78, 5) is 47.1. The van der Waals surface area contributed by atoms with Gasteiger partial charge in [-0.25, -0.2) is 0 Å². The van der Waals surface area contributed by atoms with Gasteiger partial charge < -0.3 is 29.3 Å². The average Bonchev–Trinajstić information content (AvgIpc) is 3.23. The van der Waals surface area contributed by atoms with Gasteiger partial charge in [0.05, 0.1) is 24.5 Å². The second-order valence-corrected chi connectivity index (χ2v) is 10.3. The molecule has 1 aromatic carbocycles. The third-order valence-corrected chi connectivity index (χ3v) is 8.04. The molecule has 5 rings (SSSR count). The van der Waals surface area contributed by atoms with Gasteiger partial charge in [-0.05, 0) is 44.0 Å². The fourth-order valence-electron chi connectivity index (χ4n) is 6.34. The Bertz CT molecular complexity index is 1120. The number of rotatable bonds is 9. The number of anilines is 1. The van der Waals surface area contributed by atoms with Crippen LogP contribution in [0.3, 0.4) is 0 Å². The van der Waals surface area contributed by atoms with E-state index in [2.05, 4.69) is 6.92 Å². The Morgan fingerprint density at radius 1 is 1.00 bits per heavy atom. The molecule has 1 spiro atoms. The molecule has 0 saturated carbocycles. The number of hydrogen-bond acceptors (Lipinski definition) is 6. The molecular formula is C29H37N3O6. The number of hydrogen-bond donors (Lipinski definition) is 1. The lowest BCUT2D eigenvalue weighted by molar-refractivity contribution is -0.147. The number of unbranched alkanes of at least 4 members (excludes halogenated alkanes) is 1. The monoisotopic (exact) mass is 523 g/mol. The number of aliphatic hydroxyl groups is 1. The Balaban J connectivity index is 1.52. The molecule has 2 fully saturated rings. The van der Waals surface area contributed by atoms with Crippen molar-refractivity contribution in [3.8, 4) is 5.75 Å². The van der Waals surface area contributed by atoms with Gasteiger partial charge in [0.25, 0.3) is 0 Å². The number of fused-ring (bicyclic) bond motifs is 2. The lowest BCUT2D eigenvalue weighted by atomic mass is 9.77. The summed E-state index contributed by atoms with van der Waals surface area (Å²) in [5.41, 5.74) is -0.524. The van der Waals surface area contributed by atoms with Crippen LogP contribution in [0.2, 0.25) is 0 Å². The highest BCUT2D eigenvalue weighted by Crippen LogP contribution is 2.53. The lowest BCUT2D eigenvalue weighted by Crippen LogP contribution is -2.55. The standard InChI is InChI=1S/C29H37N3O6/c1-3-5-15-30-16-7-14-29-24(27(35)32(18-8-19-33)25(29)28(30)36)23-22(38-29)9-6-17-31(26(23)34)20-10-12-21(13-11-20)37-4-2/h6-7,9-14,22-25,33H,3-5,8,15-19H2,1-2H3/t22-,23+,24+,25?,29+/m1/s1. The fraction of sp³-hybridized carbons (Fsp3) is 0.552. The molecule has 1 unspecified atom stereocenters. The first-order valence-electron chi connectivity index (χ1n) is 13.7. The van der Waals surface area contributed by atoms with Crippen LogP contribution >= 0.6 is 0 Å². The first kappa shape index (κ1) is 26.4. The molecule has 5 atom stereocenters. The number of likely N-dealkylation sites (tertiary alicyclic amines) is 1. The summed E-state index contributed by atoms with van der Waals surface area (Å²) in [6, 6.07) is 6.48. The first-order valence-corrected chi connectivity index (χ1v) is 13.7. The predicted molar refractivity (Wildman–Crippen MR) is 142 cm³/mol. The van der Waals surface area contributed by atoms with E-state index in [4.69, 9.17) is 9.47 Å². The molecule has 204 valence electrons. The highest BCUT2D eigenvalue weighted by Gasteiger charge is 2.71. The lowest BCUT2D eigenvalue weighted by Gasteiger charge is -2.35. The van der Waals surface area contributed by atoms with Crippen molar-refractivity contribution >= 4 is 23.4 Å². The maximum Gasteiger partial charge on any atom is 0.249 e. The number of benzene rings is 1. The summed E-state index contributed by atoms with van der Waals surface area (Å²) in [6.07, 6.45) is 9.06. The van der Waals surface area contributed by atoms with Gasteiger partial charge >= 0.3 is 0 Å². The third kappa shape index (κ3) is 4.31. The van der Waals surface area contributed by atoms with Crippen LogP contribution in [-0.2, 0) is 19.1 Å². The summed E-state index contributed by atoms with van der Waals surface area (Å²) in [5.74, 6) is -1.50. The molecule has 1 aromatic rings. The van der Waals surface area contributed by atoms with E-state index in [1.54, 1.807) is 14.7 Å². The quantitative estimate of drug-likeness (QED) is 0.498. The van der Waals surface area contributed by atoms with Gasteiger partial charge in [0.15, 0.2) is 0 Å². The Morgan fingerprint density at radius 2 is 1.79 bits per heavy atom. The summed E-state index contributed by atoms with van der Waals surface area (Å²) < 4.78 is 12.2. The Labute approximate surface area is 223 Å². The van der Waals surface area contributed by atoms with E-state index in [0.29, 0.717) is 38.3 Å². The normalized spacial score (nSPS) is 30.3. The van der Waals surface area contributed by atoms with Crippen molar-refractivity contribution in [3.63, 3.8) is 0 Å². The van der Waals surface area contributed by atoms with Crippen LogP contribution in [-0.4, -0.2) is 89.8 Å². The van der Waals surface area contributed by atoms with Crippen molar-refractivity contribution in [2.45, 2.75) is 50.9 Å². The average molecular weight is 524 g/mol. The molecule has 4 aliphatic heterocycles. The van der Waals surface area contributed by atoms with Crippen LogP contribution in [0.4, 0.5) is 5.69 Å². The molecule has 1 N–H and O–H groups in total. The maximum atomic E-state index is 14.1. The Morgan fingerprint density at radius 3 is 2.50 bits per heavy atom. The molecule has 4 heterocycles. The number of aliphatic hydroxyl groups excluding tert-OH is 1. The minimum absolute atomic E-state index is 0.0994. The molecule has 0 radical (unpaired) electrons. The van der Waals surface area contributed by atoms with Crippen molar-refractivity contribution in [1.29, 1.82) is 0 Å². The number of carbonyl (C=O) groups is 3. The molecule has 4 aliphatic rings. The molecule has 0 aromatic heterocycles. The molecule has 2 saturated heterocycles. The van der Waals surface area contributed by atoms with E-state index in [1.165, 1.54) is 0 Å². The smallest absolute Gasteiger partial charge is 0.249 e. The van der Waals surface area contributed by atoms with Crippen molar-refractivity contribution < 1.29 is 29.0 Å². The van der Waals surface area contributed by atoms with Gasteiger partial charge in [0.1, 0.15) is 17.4 Å². The van der Waals surface area contributed by atoms with Crippen molar-refractivity contribution in [2.75, 3.05) is 44.3 Å². The largest absolute Gasteiger partial charge is 0.494 e. The van der Waals surface area contributed by atoms with Crippen molar-refractivity contribution in [1.82, 2.24) is 9.80 Å².